The summed E-state index contributed by atoms with van der Waals surface area (Å²) in [6.45, 7) is 0.981. The standard InChI is InChI=1S/C18H17BrFN5O3/c19-13-15(9-1-2-10(8-21)12(20)7-9)24-17(14(22)16(13)26)25-5-3-11(4-6-25)23-18(27)28/h1-2,7,11,23H,3-6,22H2,(H,24,26)(H,27,28). The zero-order valence-electron chi connectivity index (χ0n) is 14.6. The molecule has 1 aliphatic heterocycles. The number of hydrogen-bond acceptors (Lipinski definition) is 6. The van der Waals surface area contributed by atoms with Crippen molar-refractivity contribution in [2.24, 2.45) is 0 Å². The third-order valence-corrected chi connectivity index (χ3v) is 5.37. The first kappa shape index (κ1) is 19.7. The summed E-state index contributed by atoms with van der Waals surface area (Å²) in [5.74, 6) is -0.558. The summed E-state index contributed by atoms with van der Waals surface area (Å²) in [5.41, 5.74) is 6.69. The molecule has 146 valence electrons. The van der Waals surface area contributed by atoms with Crippen molar-refractivity contribution < 1.29 is 19.4 Å². The summed E-state index contributed by atoms with van der Waals surface area (Å²) in [6.07, 6.45) is 0.0541. The molecule has 1 fully saturated rings. The molecule has 0 spiro atoms. The quantitative estimate of drug-likeness (QED) is 0.565. The van der Waals surface area contributed by atoms with Gasteiger partial charge in [-0.1, -0.05) is 6.07 Å². The Hall–Kier alpha value is -3.06. The number of halogens is 2. The number of pyridine rings is 1. The Balaban J connectivity index is 1.95. The van der Waals surface area contributed by atoms with Gasteiger partial charge in [0.1, 0.15) is 17.6 Å². The van der Waals surface area contributed by atoms with Gasteiger partial charge in [0.2, 0.25) is 0 Å². The van der Waals surface area contributed by atoms with Gasteiger partial charge in [0, 0.05) is 24.7 Å². The SMILES string of the molecule is N#Cc1ccc(-c2nc(N3CCC(NC(=O)O)CC3)c(N)c(O)c2Br)cc1F. The molecule has 1 saturated heterocycles. The zero-order valence-corrected chi connectivity index (χ0v) is 16.2. The van der Waals surface area contributed by atoms with Gasteiger partial charge < -0.3 is 26.2 Å². The Morgan fingerprint density at radius 1 is 1.43 bits per heavy atom. The van der Waals surface area contributed by atoms with Crippen LogP contribution < -0.4 is 16.0 Å². The molecule has 1 aromatic carbocycles. The number of nitrogens with one attached hydrogen (secondary N) is 1. The lowest BCUT2D eigenvalue weighted by atomic mass is 10.0. The molecule has 0 saturated carbocycles. The minimum atomic E-state index is -1.07. The summed E-state index contributed by atoms with van der Waals surface area (Å²) >= 11 is 3.25. The molecule has 0 unspecified atom stereocenters. The zero-order chi connectivity index (χ0) is 20.4. The molecule has 1 amide bonds. The number of amides is 1. The van der Waals surface area contributed by atoms with E-state index < -0.39 is 11.9 Å². The molecule has 0 atom stereocenters. The molecular weight excluding hydrogens is 433 g/mol. The molecule has 1 aromatic heterocycles. The van der Waals surface area contributed by atoms with E-state index >= 15 is 0 Å². The van der Waals surface area contributed by atoms with E-state index in [1.54, 1.807) is 6.07 Å². The Morgan fingerprint density at radius 3 is 2.68 bits per heavy atom. The van der Waals surface area contributed by atoms with Crippen molar-refractivity contribution in [3.63, 3.8) is 0 Å². The van der Waals surface area contributed by atoms with Gasteiger partial charge >= 0.3 is 6.09 Å². The average molecular weight is 450 g/mol. The fraction of sp³-hybridized carbons (Fsp3) is 0.278. The molecular formula is C18H17BrFN5O3. The van der Waals surface area contributed by atoms with E-state index in [9.17, 15) is 14.3 Å². The Bertz CT molecular complexity index is 971. The first-order valence-corrected chi connectivity index (χ1v) is 9.23. The molecule has 0 bridgehead atoms. The minimum Gasteiger partial charge on any atom is -0.504 e. The highest BCUT2D eigenvalue weighted by Crippen LogP contribution is 2.42. The van der Waals surface area contributed by atoms with E-state index in [4.69, 9.17) is 16.1 Å². The first-order valence-electron chi connectivity index (χ1n) is 8.44. The van der Waals surface area contributed by atoms with Crippen LogP contribution in [0.15, 0.2) is 22.7 Å². The molecule has 2 heterocycles. The third kappa shape index (κ3) is 3.80. The molecule has 5 N–H and O–H groups in total. The van der Waals surface area contributed by atoms with Crippen LogP contribution in [0.2, 0.25) is 0 Å². The van der Waals surface area contributed by atoms with Gasteiger partial charge in [-0.3, -0.25) is 0 Å². The van der Waals surface area contributed by atoms with Gasteiger partial charge in [0.25, 0.3) is 0 Å². The van der Waals surface area contributed by atoms with E-state index in [0.717, 1.165) is 0 Å². The summed E-state index contributed by atoms with van der Waals surface area (Å²) in [7, 11) is 0. The van der Waals surface area contributed by atoms with Crippen molar-refractivity contribution >= 4 is 33.5 Å². The number of benzene rings is 1. The molecule has 10 heteroatoms. The molecule has 3 rings (SSSR count). The highest BCUT2D eigenvalue weighted by Gasteiger charge is 2.26. The van der Waals surface area contributed by atoms with Crippen molar-refractivity contribution in [1.82, 2.24) is 10.3 Å². The molecule has 0 radical (unpaired) electrons. The first-order chi connectivity index (χ1) is 13.3. The highest BCUT2D eigenvalue weighted by atomic mass is 79.9. The molecule has 1 aliphatic rings. The van der Waals surface area contributed by atoms with Crippen LogP contribution in [0, 0.1) is 17.1 Å². The number of nitriles is 1. The van der Waals surface area contributed by atoms with Crippen LogP contribution in [-0.2, 0) is 0 Å². The van der Waals surface area contributed by atoms with Crippen LogP contribution in [0.25, 0.3) is 11.3 Å². The van der Waals surface area contributed by atoms with E-state index in [1.807, 2.05) is 4.90 Å². The van der Waals surface area contributed by atoms with Gasteiger partial charge in [-0.05, 0) is 40.9 Å². The number of aromatic hydroxyl groups is 1. The second kappa shape index (κ2) is 7.90. The Kier molecular flexibility index (Phi) is 5.56. The van der Waals surface area contributed by atoms with Crippen LogP contribution in [0.4, 0.5) is 20.7 Å². The summed E-state index contributed by atoms with van der Waals surface area (Å²) < 4.78 is 14.3. The van der Waals surface area contributed by atoms with Crippen LogP contribution in [0.3, 0.4) is 0 Å². The number of nitrogens with zero attached hydrogens (tertiary/aromatic N) is 3. The van der Waals surface area contributed by atoms with Crippen molar-refractivity contribution in [3.8, 4) is 23.1 Å². The largest absolute Gasteiger partial charge is 0.504 e. The monoisotopic (exact) mass is 449 g/mol. The molecule has 0 aliphatic carbocycles. The van der Waals surface area contributed by atoms with Crippen LogP contribution in [0.5, 0.6) is 5.75 Å². The van der Waals surface area contributed by atoms with Crippen molar-refractivity contribution in [3.05, 3.63) is 34.1 Å². The van der Waals surface area contributed by atoms with Crippen LogP contribution in [-0.4, -0.2) is 40.4 Å². The van der Waals surface area contributed by atoms with Gasteiger partial charge in [-0.2, -0.15) is 5.26 Å². The number of piperidine rings is 1. The lowest BCUT2D eigenvalue weighted by molar-refractivity contribution is 0.187. The summed E-state index contributed by atoms with van der Waals surface area (Å²) in [4.78, 5) is 17.2. The maximum atomic E-state index is 14.0. The second-order valence-corrected chi connectivity index (χ2v) is 7.17. The number of carboxylic acid groups (broad SMARTS) is 1. The van der Waals surface area contributed by atoms with Crippen molar-refractivity contribution in [2.45, 2.75) is 18.9 Å². The number of anilines is 2. The Labute approximate surface area is 168 Å². The number of hydrogen-bond donors (Lipinski definition) is 4. The third-order valence-electron chi connectivity index (χ3n) is 4.61. The average Bonchev–Trinajstić information content (AvgIpc) is 2.67. The van der Waals surface area contributed by atoms with E-state index in [-0.39, 0.29) is 33.2 Å². The Morgan fingerprint density at radius 2 is 2.11 bits per heavy atom. The predicted molar refractivity (Wildman–Crippen MR) is 105 cm³/mol. The topological polar surface area (TPSA) is 136 Å². The van der Waals surface area contributed by atoms with E-state index in [2.05, 4.69) is 26.2 Å². The van der Waals surface area contributed by atoms with Gasteiger partial charge in [-0.25, -0.2) is 14.2 Å². The smallest absolute Gasteiger partial charge is 0.404 e. The maximum Gasteiger partial charge on any atom is 0.404 e. The van der Waals surface area contributed by atoms with Crippen molar-refractivity contribution in [2.75, 3.05) is 23.7 Å². The lowest BCUT2D eigenvalue weighted by Crippen LogP contribution is -2.44. The van der Waals surface area contributed by atoms with E-state index in [1.165, 1.54) is 18.2 Å². The van der Waals surface area contributed by atoms with Gasteiger partial charge in [-0.15, -0.1) is 0 Å². The van der Waals surface area contributed by atoms with Crippen molar-refractivity contribution in [1.29, 1.82) is 5.26 Å². The summed E-state index contributed by atoms with van der Waals surface area (Å²) in [5, 5.41) is 30.6. The van der Waals surface area contributed by atoms with Crippen LogP contribution in [0.1, 0.15) is 18.4 Å². The number of nitrogen functional groups attached to an aromatic ring is 1. The number of rotatable bonds is 3. The normalized spacial score (nSPS) is 14.5. The fourth-order valence-electron chi connectivity index (χ4n) is 3.15. The number of aromatic nitrogens is 1. The predicted octanol–water partition coefficient (Wildman–Crippen LogP) is 3.05. The maximum absolute atomic E-state index is 14.0. The van der Waals surface area contributed by atoms with Crippen LogP contribution >= 0.6 is 15.9 Å². The summed E-state index contributed by atoms with van der Waals surface area (Å²) in [6, 6.07) is 5.65. The van der Waals surface area contributed by atoms with Gasteiger partial charge in [0.15, 0.2) is 11.6 Å². The molecule has 2 aromatic rings. The molecule has 28 heavy (non-hydrogen) atoms. The highest BCUT2D eigenvalue weighted by molar-refractivity contribution is 9.10. The van der Waals surface area contributed by atoms with E-state index in [0.29, 0.717) is 37.3 Å². The number of carbonyl (C=O) groups is 1. The lowest BCUT2D eigenvalue weighted by Gasteiger charge is -2.33. The molecule has 8 nitrogen and oxygen atoms in total. The number of nitrogens with two attached hydrogens (primary N) is 1. The minimum absolute atomic E-state index is 0.0781. The fourth-order valence-corrected chi connectivity index (χ4v) is 3.68. The van der Waals surface area contributed by atoms with Gasteiger partial charge in [0.05, 0.1) is 15.7 Å². The second-order valence-electron chi connectivity index (χ2n) is 6.38.